The fourth-order valence-corrected chi connectivity index (χ4v) is 5.53. The molecule has 0 aliphatic heterocycles. The van der Waals surface area contributed by atoms with E-state index in [1.165, 1.54) is 13.5 Å². The molecule has 0 spiro atoms. The van der Waals surface area contributed by atoms with Gasteiger partial charge in [-0.05, 0) is 49.2 Å². The summed E-state index contributed by atoms with van der Waals surface area (Å²) in [6.07, 6.45) is 4.77. The van der Waals surface area contributed by atoms with Crippen LogP contribution < -0.4 is 0 Å². The molecule has 1 N–H and O–H groups in total. The molecule has 0 unspecified atom stereocenters. The number of ketones is 1. The van der Waals surface area contributed by atoms with Crippen molar-refractivity contribution in [3.05, 3.63) is 0 Å². The first kappa shape index (κ1) is 27.3. The van der Waals surface area contributed by atoms with E-state index in [1.54, 1.807) is 6.92 Å². The Balaban J connectivity index is 2.99. The normalized spacial score (nSPS) is 21.4. The predicted octanol–water partition coefficient (Wildman–Crippen LogP) is 5.36. The van der Waals surface area contributed by atoms with Crippen molar-refractivity contribution < 1.29 is 23.9 Å². The van der Waals surface area contributed by atoms with Gasteiger partial charge in [0.1, 0.15) is 6.10 Å². The Kier molecular flexibility index (Phi) is 10.2. The lowest BCUT2D eigenvalue weighted by Crippen LogP contribution is -2.51. The Morgan fingerprint density at radius 3 is 2.07 bits per heavy atom. The number of carbonyl (C=O) groups excluding carboxylic acids is 2. The lowest BCUT2D eigenvalue weighted by molar-refractivity contribution is -0.146. The molecular weight excluding hydrogens is 396 g/mol. The second kappa shape index (κ2) is 11.2. The number of aliphatic hydroxyl groups is 1. The van der Waals surface area contributed by atoms with Gasteiger partial charge in [0.15, 0.2) is 14.1 Å². The van der Waals surface area contributed by atoms with Gasteiger partial charge < -0.3 is 14.3 Å². The van der Waals surface area contributed by atoms with Crippen molar-refractivity contribution in [2.75, 3.05) is 7.11 Å². The number of hydrogen-bond donors (Lipinski definition) is 1. The average molecular weight is 443 g/mol. The highest BCUT2D eigenvalue weighted by Crippen LogP contribution is 2.40. The Labute approximate surface area is 185 Å². The number of carbonyl (C=O) groups is 2. The lowest BCUT2D eigenvalue weighted by Gasteiger charge is -2.42. The van der Waals surface area contributed by atoms with Crippen LogP contribution in [0.25, 0.3) is 0 Å². The van der Waals surface area contributed by atoms with E-state index >= 15 is 0 Å². The Hall–Kier alpha value is -0.723. The molecule has 1 rings (SSSR count). The summed E-state index contributed by atoms with van der Waals surface area (Å²) in [4.78, 5) is 25.4. The van der Waals surface area contributed by atoms with Crippen LogP contribution in [0, 0.1) is 23.7 Å². The molecule has 0 bridgehead atoms. The van der Waals surface area contributed by atoms with E-state index in [0.29, 0.717) is 6.42 Å². The quantitative estimate of drug-likeness (QED) is 0.364. The highest BCUT2D eigenvalue weighted by Gasteiger charge is 2.45. The van der Waals surface area contributed by atoms with E-state index in [0.717, 1.165) is 25.7 Å². The Morgan fingerprint density at radius 1 is 1.07 bits per heavy atom. The molecular formula is C24H46O5Si. The van der Waals surface area contributed by atoms with Crippen molar-refractivity contribution in [2.24, 2.45) is 23.7 Å². The molecule has 0 aromatic carbocycles. The number of rotatable bonds is 10. The third-order valence-electron chi connectivity index (χ3n) is 7.46. The van der Waals surface area contributed by atoms with Crippen LogP contribution in [0.2, 0.25) is 18.1 Å². The molecule has 0 aromatic heterocycles. The fraction of sp³-hybridized carbons (Fsp3) is 0.917. The molecule has 1 saturated carbocycles. The van der Waals surface area contributed by atoms with Crippen LogP contribution in [0.5, 0.6) is 0 Å². The van der Waals surface area contributed by atoms with E-state index in [2.05, 4.69) is 33.9 Å². The van der Waals surface area contributed by atoms with Gasteiger partial charge in [-0.3, -0.25) is 9.59 Å². The van der Waals surface area contributed by atoms with Crippen molar-refractivity contribution in [1.82, 2.24) is 0 Å². The Morgan fingerprint density at radius 2 is 1.60 bits per heavy atom. The van der Waals surface area contributed by atoms with Crippen LogP contribution in [0.4, 0.5) is 0 Å². The number of hydrogen-bond acceptors (Lipinski definition) is 5. The maximum atomic E-state index is 13.6. The molecule has 6 heteroatoms. The molecule has 176 valence electrons. The zero-order valence-corrected chi connectivity index (χ0v) is 21.8. The van der Waals surface area contributed by atoms with Gasteiger partial charge in [0.2, 0.25) is 0 Å². The molecule has 0 saturated heterocycles. The van der Waals surface area contributed by atoms with Crippen molar-refractivity contribution in [1.29, 1.82) is 0 Å². The average Bonchev–Trinajstić information content (AvgIpc) is 2.69. The van der Waals surface area contributed by atoms with Gasteiger partial charge in [0.05, 0.1) is 19.1 Å². The molecule has 1 aliphatic rings. The van der Waals surface area contributed by atoms with E-state index in [9.17, 15) is 14.7 Å². The van der Waals surface area contributed by atoms with Crippen molar-refractivity contribution in [3.8, 4) is 0 Å². The summed E-state index contributed by atoms with van der Waals surface area (Å²) in [5.41, 5.74) is 0. The lowest BCUT2D eigenvalue weighted by atomic mass is 9.78. The van der Waals surface area contributed by atoms with E-state index in [4.69, 9.17) is 9.16 Å². The minimum atomic E-state index is -2.13. The minimum absolute atomic E-state index is 0.0191. The zero-order chi connectivity index (χ0) is 23.3. The monoisotopic (exact) mass is 442 g/mol. The molecule has 0 aromatic rings. The second-order valence-corrected chi connectivity index (χ2v) is 15.8. The minimum Gasteiger partial charge on any atom is -0.469 e. The summed E-state index contributed by atoms with van der Waals surface area (Å²) in [6.45, 7) is 16.5. The van der Waals surface area contributed by atoms with Crippen LogP contribution in [0.3, 0.4) is 0 Å². The van der Waals surface area contributed by atoms with Crippen LogP contribution in [0.15, 0.2) is 0 Å². The number of ether oxygens (including phenoxy) is 1. The molecule has 0 heterocycles. The Bertz CT molecular complexity index is 562. The smallest absolute Gasteiger partial charge is 0.308 e. The standard InChI is InChI=1S/C24H46O5Si/c1-16(15-17(2)23(27)28-7)20(25)18(3)21(26)22(19-13-11-10-12-14-19)29-30(8,9)24(4,5)6/h16-20,22,25H,10-15H2,1-9H3/t16-,17+,18+,20-,22-/m0/s1. The highest BCUT2D eigenvalue weighted by atomic mass is 28.4. The number of aliphatic hydroxyl groups excluding tert-OH is 1. The SMILES string of the molecule is COC(=O)[C@H](C)C[C@H](C)[C@H](O)[C@@H](C)C(=O)[C@@H](O[Si](C)(C)C(C)(C)C)C1CCCCC1. The maximum absolute atomic E-state index is 13.6. The third-order valence-corrected chi connectivity index (χ3v) is 11.9. The maximum Gasteiger partial charge on any atom is 0.308 e. The van der Waals surface area contributed by atoms with Crippen molar-refractivity contribution >= 4 is 20.1 Å². The third kappa shape index (κ3) is 7.16. The summed E-state index contributed by atoms with van der Waals surface area (Å²) in [7, 11) is -0.758. The second-order valence-electron chi connectivity index (χ2n) is 11.0. The van der Waals surface area contributed by atoms with E-state index < -0.39 is 26.4 Å². The first-order chi connectivity index (χ1) is 13.7. The molecule has 30 heavy (non-hydrogen) atoms. The summed E-state index contributed by atoms with van der Waals surface area (Å²) >= 11 is 0. The number of methoxy groups -OCH3 is 1. The number of Topliss-reactive ketones (excluding diaryl/α,β-unsaturated/α-hetero) is 1. The molecule has 1 aliphatic carbocycles. The highest BCUT2D eigenvalue weighted by molar-refractivity contribution is 6.74. The predicted molar refractivity (Wildman–Crippen MR) is 124 cm³/mol. The van der Waals surface area contributed by atoms with Gasteiger partial charge in [-0.15, -0.1) is 0 Å². The first-order valence-corrected chi connectivity index (χ1v) is 14.6. The van der Waals surface area contributed by atoms with Gasteiger partial charge >= 0.3 is 5.97 Å². The topological polar surface area (TPSA) is 72.8 Å². The van der Waals surface area contributed by atoms with E-state index in [-0.39, 0.29) is 34.5 Å². The largest absolute Gasteiger partial charge is 0.469 e. The molecule has 5 nitrogen and oxygen atoms in total. The fourth-order valence-electron chi connectivity index (χ4n) is 4.23. The van der Waals surface area contributed by atoms with E-state index in [1.807, 2.05) is 13.8 Å². The number of esters is 1. The summed E-state index contributed by atoms with van der Waals surface area (Å²) in [5.74, 6) is -1.04. The zero-order valence-electron chi connectivity index (χ0n) is 20.8. The van der Waals surface area contributed by atoms with Crippen molar-refractivity contribution in [2.45, 2.75) is 110 Å². The molecule has 1 fully saturated rings. The summed E-state index contributed by atoms with van der Waals surface area (Å²) < 4.78 is 11.5. The summed E-state index contributed by atoms with van der Waals surface area (Å²) in [5, 5.41) is 11.0. The molecule has 0 radical (unpaired) electrons. The molecule has 0 amide bonds. The van der Waals surface area contributed by atoms with Crippen LogP contribution in [-0.4, -0.2) is 44.5 Å². The van der Waals surface area contributed by atoms with Gasteiger partial charge in [-0.1, -0.05) is 60.8 Å². The van der Waals surface area contributed by atoms with Gasteiger partial charge in [-0.2, -0.15) is 0 Å². The van der Waals surface area contributed by atoms with Gasteiger partial charge in [0.25, 0.3) is 0 Å². The van der Waals surface area contributed by atoms with Crippen LogP contribution in [-0.2, 0) is 18.8 Å². The van der Waals surface area contributed by atoms with Gasteiger partial charge in [-0.25, -0.2) is 0 Å². The van der Waals surface area contributed by atoms with Crippen LogP contribution >= 0.6 is 0 Å². The first-order valence-electron chi connectivity index (χ1n) is 11.7. The molecule has 5 atom stereocenters. The van der Waals surface area contributed by atoms with Gasteiger partial charge in [0, 0.05) is 5.92 Å². The van der Waals surface area contributed by atoms with Crippen molar-refractivity contribution in [3.63, 3.8) is 0 Å². The summed E-state index contributed by atoms with van der Waals surface area (Å²) in [6, 6.07) is 0. The van der Waals surface area contributed by atoms with Crippen LogP contribution in [0.1, 0.15) is 80.1 Å².